The molecule has 0 aliphatic carbocycles. The fourth-order valence-electron chi connectivity index (χ4n) is 3.87. The minimum absolute atomic E-state index is 0.142. The van der Waals surface area contributed by atoms with Gasteiger partial charge < -0.3 is 14.4 Å². The van der Waals surface area contributed by atoms with Gasteiger partial charge in [0.25, 0.3) is 5.91 Å². The van der Waals surface area contributed by atoms with Gasteiger partial charge in [0.2, 0.25) is 0 Å². The van der Waals surface area contributed by atoms with Crippen LogP contribution in [0.4, 0.5) is 4.39 Å². The van der Waals surface area contributed by atoms with Gasteiger partial charge in [0.15, 0.2) is 0 Å². The predicted molar refractivity (Wildman–Crippen MR) is 110 cm³/mol. The average Bonchev–Trinajstić information content (AvgIpc) is 3.28. The highest BCUT2D eigenvalue weighted by Gasteiger charge is 2.32. The van der Waals surface area contributed by atoms with Crippen LogP contribution in [0.25, 0.3) is 11.1 Å². The monoisotopic (exact) mass is 407 g/mol. The van der Waals surface area contributed by atoms with Crippen molar-refractivity contribution in [1.29, 1.82) is 0 Å². The highest BCUT2D eigenvalue weighted by molar-refractivity contribution is 5.96. The summed E-state index contributed by atoms with van der Waals surface area (Å²) in [7, 11) is 3.05. The maximum absolute atomic E-state index is 14.3. The minimum Gasteiger partial charge on any atom is -0.496 e. The van der Waals surface area contributed by atoms with E-state index >= 15 is 0 Å². The van der Waals surface area contributed by atoms with Crippen LogP contribution in [-0.4, -0.2) is 41.5 Å². The molecule has 6 nitrogen and oxygen atoms in total. The van der Waals surface area contributed by atoms with E-state index in [0.717, 1.165) is 24.0 Å². The number of hydrogen-bond donors (Lipinski definition) is 0. The van der Waals surface area contributed by atoms with Crippen molar-refractivity contribution in [2.24, 2.45) is 0 Å². The Hall–Kier alpha value is -3.48. The van der Waals surface area contributed by atoms with Crippen molar-refractivity contribution < 1.29 is 18.7 Å². The number of methoxy groups -OCH3 is 2. The molecule has 0 unspecified atom stereocenters. The van der Waals surface area contributed by atoms with Gasteiger partial charge in [0.05, 0.1) is 20.3 Å². The molecule has 7 heteroatoms. The Morgan fingerprint density at radius 3 is 2.57 bits per heavy atom. The molecular formula is C23H22FN3O3. The Balaban J connectivity index is 1.63. The zero-order valence-electron chi connectivity index (χ0n) is 16.8. The van der Waals surface area contributed by atoms with E-state index in [4.69, 9.17) is 9.47 Å². The molecule has 0 bridgehead atoms. The summed E-state index contributed by atoms with van der Waals surface area (Å²) in [5, 5.41) is 0. The molecule has 4 rings (SSSR count). The van der Waals surface area contributed by atoms with Crippen LogP contribution in [0.3, 0.4) is 0 Å². The van der Waals surface area contributed by atoms with Crippen molar-refractivity contribution in [3.63, 3.8) is 0 Å². The van der Waals surface area contributed by atoms with Gasteiger partial charge in [-0.1, -0.05) is 18.2 Å². The molecule has 1 atom stereocenters. The Morgan fingerprint density at radius 2 is 1.87 bits per heavy atom. The van der Waals surface area contributed by atoms with Crippen molar-refractivity contribution in [3.05, 3.63) is 71.8 Å². The van der Waals surface area contributed by atoms with E-state index in [1.165, 1.54) is 13.2 Å². The Kier molecular flexibility index (Phi) is 5.61. The van der Waals surface area contributed by atoms with Gasteiger partial charge in [-0.15, -0.1) is 0 Å². The maximum atomic E-state index is 14.3. The molecular weight excluding hydrogens is 385 g/mol. The molecule has 30 heavy (non-hydrogen) atoms. The molecule has 1 saturated heterocycles. The number of ether oxygens (including phenoxy) is 2. The van der Waals surface area contributed by atoms with Crippen molar-refractivity contribution in [3.8, 4) is 22.9 Å². The van der Waals surface area contributed by atoms with Gasteiger partial charge >= 0.3 is 6.01 Å². The molecule has 154 valence electrons. The number of benzene rings is 2. The van der Waals surface area contributed by atoms with E-state index in [-0.39, 0.29) is 23.8 Å². The van der Waals surface area contributed by atoms with Gasteiger partial charge in [0, 0.05) is 41.2 Å². The molecule has 0 saturated carbocycles. The quantitative estimate of drug-likeness (QED) is 0.632. The minimum atomic E-state index is -0.283. The number of nitrogens with zero attached hydrogens (tertiary/aromatic N) is 3. The van der Waals surface area contributed by atoms with Gasteiger partial charge in [-0.3, -0.25) is 4.79 Å². The van der Waals surface area contributed by atoms with Crippen molar-refractivity contribution in [1.82, 2.24) is 14.9 Å². The van der Waals surface area contributed by atoms with Crippen LogP contribution in [0.15, 0.2) is 54.9 Å². The molecule has 1 aromatic heterocycles. The summed E-state index contributed by atoms with van der Waals surface area (Å²) in [6.45, 7) is 0.591. The molecule has 1 aliphatic rings. The number of rotatable bonds is 5. The topological polar surface area (TPSA) is 64.5 Å². The number of halogens is 1. The molecule has 2 heterocycles. The second-order valence-corrected chi connectivity index (χ2v) is 7.05. The van der Waals surface area contributed by atoms with Crippen LogP contribution < -0.4 is 9.47 Å². The largest absolute Gasteiger partial charge is 0.496 e. The van der Waals surface area contributed by atoms with Crippen LogP contribution in [0, 0.1) is 5.82 Å². The number of aromatic nitrogens is 2. The average molecular weight is 407 g/mol. The lowest BCUT2D eigenvalue weighted by Crippen LogP contribution is -2.31. The van der Waals surface area contributed by atoms with Gasteiger partial charge in [-0.2, -0.15) is 0 Å². The van der Waals surface area contributed by atoms with Crippen LogP contribution in [0.2, 0.25) is 0 Å². The van der Waals surface area contributed by atoms with Crippen molar-refractivity contribution >= 4 is 5.91 Å². The zero-order chi connectivity index (χ0) is 21.1. The predicted octanol–water partition coefficient (Wildman–Crippen LogP) is 4.28. The summed E-state index contributed by atoms with van der Waals surface area (Å²) >= 11 is 0. The fourth-order valence-corrected chi connectivity index (χ4v) is 3.87. The first kappa shape index (κ1) is 19.8. The Bertz CT molecular complexity index is 1060. The van der Waals surface area contributed by atoms with Crippen LogP contribution in [0.1, 0.15) is 34.8 Å². The summed E-state index contributed by atoms with van der Waals surface area (Å²) in [5.41, 5.74) is 2.57. The van der Waals surface area contributed by atoms with Gasteiger partial charge in [-0.05, 0) is 37.1 Å². The first-order valence-corrected chi connectivity index (χ1v) is 9.72. The molecule has 0 spiro atoms. The summed E-state index contributed by atoms with van der Waals surface area (Å²) < 4.78 is 24.8. The molecule has 2 aromatic carbocycles. The third kappa shape index (κ3) is 3.70. The Labute approximate surface area is 174 Å². The lowest BCUT2D eigenvalue weighted by Gasteiger charge is -2.26. The number of carbonyl (C=O) groups excluding carboxylic acids is 1. The van der Waals surface area contributed by atoms with Gasteiger partial charge in [0.1, 0.15) is 11.6 Å². The summed E-state index contributed by atoms with van der Waals surface area (Å²) in [4.78, 5) is 23.2. The summed E-state index contributed by atoms with van der Waals surface area (Å²) in [6.07, 6.45) is 4.86. The van der Waals surface area contributed by atoms with Gasteiger partial charge in [-0.25, -0.2) is 14.4 Å². The Morgan fingerprint density at radius 1 is 1.10 bits per heavy atom. The van der Waals surface area contributed by atoms with E-state index in [2.05, 4.69) is 9.97 Å². The number of carbonyl (C=O) groups is 1. The SMILES string of the molecule is COc1ncc(-c2ccc(C(=O)N3CCC[C@@H]3c3ccccc3F)cc2OC)cn1. The number of hydrogen-bond acceptors (Lipinski definition) is 5. The standard InChI is InChI=1S/C23H22FN3O3/c1-29-21-12-15(9-10-17(21)16-13-25-23(30-2)26-14-16)22(28)27-11-5-8-20(27)18-6-3-4-7-19(18)24/h3-4,6-7,9-10,12-14,20H,5,8,11H2,1-2H3/t20-/m1/s1. The normalized spacial score (nSPS) is 15.8. The first-order valence-electron chi connectivity index (χ1n) is 9.72. The van der Waals surface area contributed by atoms with E-state index in [1.807, 2.05) is 6.07 Å². The lowest BCUT2D eigenvalue weighted by atomic mass is 10.0. The van der Waals surface area contributed by atoms with Crippen LogP contribution >= 0.6 is 0 Å². The summed E-state index contributed by atoms with van der Waals surface area (Å²) in [6, 6.07) is 11.9. The highest BCUT2D eigenvalue weighted by Crippen LogP contribution is 2.36. The maximum Gasteiger partial charge on any atom is 0.316 e. The highest BCUT2D eigenvalue weighted by atomic mass is 19.1. The number of likely N-dealkylation sites (tertiary alicyclic amines) is 1. The van der Waals surface area contributed by atoms with E-state index < -0.39 is 0 Å². The molecule has 3 aromatic rings. The molecule has 0 N–H and O–H groups in total. The fraction of sp³-hybridized carbons (Fsp3) is 0.261. The van der Waals surface area contributed by atoms with Crippen LogP contribution in [-0.2, 0) is 0 Å². The summed E-state index contributed by atoms with van der Waals surface area (Å²) in [5.74, 6) is 0.113. The van der Waals surface area contributed by atoms with Crippen molar-refractivity contribution in [2.75, 3.05) is 20.8 Å². The zero-order valence-corrected chi connectivity index (χ0v) is 16.8. The second-order valence-electron chi connectivity index (χ2n) is 7.05. The van der Waals surface area contributed by atoms with E-state index in [0.29, 0.717) is 23.4 Å². The second kappa shape index (κ2) is 8.49. The third-order valence-electron chi connectivity index (χ3n) is 5.35. The van der Waals surface area contributed by atoms with Crippen molar-refractivity contribution in [2.45, 2.75) is 18.9 Å². The van der Waals surface area contributed by atoms with E-state index in [1.54, 1.807) is 54.7 Å². The molecule has 1 aliphatic heterocycles. The lowest BCUT2D eigenvalue weighted by molar-refractivity contribution is 0.0733. The molecule has 0 radical (unpaired) electrons. The number of amides is 1. The molecule has 1 fully saturated rings. The smallest absolute Gasteiger partial charge is 0.316 e. The van der Waals surface area contributed by atoms with E-state index in [9.17, 15) is 9.18 Å². The third-order valence-corrected chi connectivity index (χ3v) is 5.35. The van der Waals surface area contributed by atoms with Crippen LogP contribution in [0.5, 0.6) is 11.8 Å². The first-order chi connectivity index (χ1) is 14.6. The molecule has 1 amide bonds.